The Morgan fingerprint density at radius 1 is 1.53 bits per heavy atom. The van der Waals surface area contributed by atoms with Crippen molar-refractivity contribution >= 4 is 5.91 Å². The van der Waals surface area contributed by atoms with Crippen molar-refractivity contribution in [2.75, 3.05) is 13.1 Å². The van der Waals surface area contributed by atoms with Crippen molar-refractivity contribution in [2.45, 2.75) is 45.7 Å². The molecule has 2 N–H and O–H groups in total. The highest BCUT2D eigenvalue weighted by molar-refractivity contribution is 5.92. The van der Waals surface area contributed by atoms with Gasteiger partial charge in [-0.15, -0.1) is 5.10 Å². The number of amides is 1. The van der Waals surface area contributed by atoms with Gasteiger partial charge in [-0.25, -0.2) is 0 Å². The molecule has 0 spiro atoms. The molecule has 2 heterocycles. The zero-order chi connectivity index (χ0) is 13.7. The Morgan fingerprint density at radius 3 is 2.95 bits per heavy atom. The lowest BCUT2D eigenvalue weighted by Gasteiger charge is -2.23. The summed E-state index contributed by atoms with van der Waals surface area (Å²) in [5.41, 5.74) is 0.419. The Morgan fingerprint density at radius 2 is 2.26 bits per heavy atom. The molecule has 1 saturated heterocycles. The molecule has 0 saturated carbocycles. The first kappa shape index (κ1) is 14.0. The fourth-order valence-electron chi connectivity index (χ4n) is 2.13. The van der Waals surface area contributed by atoms with Crippen LogP contribution in [-0.2, 0) is 6.54 Å². The van der Waals surface area contributed by atoms with E-state index in [0.29, 0.717) is 11.6 Å². The zero-order valence-corrected chi connectivity index (χ0v) is 11.7. The third-order valence-electron chi connectivity index (χ3n) is 3.38. The molecule has 1 fully saturated rings. The summed E-state index contributed by atoms with van der Waals surface area (Å²) in [6.45, 7) is 7.08. The van der Waals surface area contributed by atoms with Crippen LogP contribution in [0.5, 0.6) is 0 Å². The number of carbonyl (C=O) groups is 1. The van der Waals surface area contributed by atoms with Crippen LogP contribution in [0.25, 0.3) is 0 Å². The Kier molecular flexibility index (Phi) is 4.90. The normalized spacial score (nSPS) is 16.8. The number of nitrogens with one attached hydrogen (secondary N) is 2. The fourth-order valence-corrected chi connectivity index (χ4v) is 2.13. The van der Waals surface area contributed by atoms with E-state index in [1.165, 1.54) is 0 Å². The molecule has 0 radical (unpaired) electrons. The molecule has 19 heavy (non-hydrogen) atoms. The quantitative estimate of drug-likeness (QED) is 0.826. The summed E-state index contributed by atoms with van der Waals surface area (Å²) in [4.78, 5) is 12.0. The lowest BCUT2D eigenvalue weighted by Crippen LogP contribution is -2.42. The Hall–Kier alpha value is -1.43. The first-order valence-electron chi connectivity index (χ1n) is 7.07. The summed E-state index contributed by atoms with van der Waals surface area (Å²) in [6, 6.07) is 0.259. The first-order valence-corrected chi connectivity index (χ1v) is 7.07. The van der Waals surface area contributed by atoms with Crippen LogP contribution >= 0.6 is 0 Å². The molecule has 1 aromatic rings. The second-order valence-electron chi connectivity index (χ2n) is 5.55. The monoisotopic (exact) mass is 265 g/mol. The minimum Gasteiger partial charge on any atom is -0.348 e. The molecule has 6 nitrogen and oxygen atoms in total. The van der Waals surface area contributed by atoms with Gasteiger partial charge in [-0.05, 0) is 38.3 Å². The number of aromatic nitrogens is 3. The zero-order valence-electron chi connectivity index (χ0n) is 11.7. The third kappa shape index (κ3) is 4.31. The summed E-state index contributed by atoms with van der Waals surface area (Å²) >= 11 is 0. The van der Waals surface area contributed by atoms with Crippen LogP contribution in [0, 0.1) is 5.92 Å². The van der Waals surface area contributed by atoms with Crippen LogP contribution in [0.15, 0.2) is 6.20 Å². The number of aryl methyl sites for hydroxylation is 1. The molecule has 0 unspecified atom stereocenters. The molecule has 2 rings (SSSR count). The highest BCUT2D eigenvalue weighted by atomic mass is 16.2. The summed E-state index contributed by atoms with van der Waals surface area (Å²) in [7, 11) is 0. The van der Waals surface area contributed by atoms with Gasteiger partial charge in [0.1, 0.15) is 0 Å². The van der Waals surface area contributed by atoms with Gasteiger partial charge in [-0.1, -0.05) is 19.1 Å². The van der Waals surface area contributed by atoms with Gasteiger partial charge < -0.3 is 10.6 Å². The molecule has 0 atom stereocenters. The van der Waals surface area contributed by atoms with Gasteiger partial charge in [0, 0.05) is 12.6 Å². The van der Waals surface area contributed by atoms with E-state index in [0.717, 1.165) is 38.9 Å². The predicted octanol–water partition coefficient (Wildman–Crippen LogP) is 0.806. The number of hydrogen-bond acceptors (Lipinski definition) is 4. The summed E-state index contributed by atoms with van der Waals surface area (Å²) in [6.07, 6.45) is 4.73. The maximum Gasteiger partial charge on any atom is 0.273 e. The molecule has 106 valence electrons. The summed E-state index contributed by atoms with van der Waals surface area (Å²) in [5.74, 6) is 0.513. The van der Waals surface area contributed by atoms with Crippen molar-refractivity contribution in [3.8, 4) is 0 Å². The van der Waals surface area contributed by atoms with Crippen molar-refractivity contribution in [3.63, 3.8) is 0 Å². The number of carbonyl (C=O) groups excluding carboxylic acids is 1. The van der Waals surface area contributed by atoms with Crippen molar-refractivity contribution in [1.82, 2.24) is 25.6 Å². The summed E-state index contributed by atoms with van der Waals surface area (Å²) < 4.78 is 1.75. The van der Waals surface area contributed by atoms with E-state index in [1.54, 1.807) is 10.9 Å². The van der Waals surface area contributed by atoms with Gasteiger partial charge in [0.25, 0.3) is 5.91 Å². The standard InChI is InChI=1S/C13H23N5O/c1-10(2)5-8-18-9-12(16-17-18)13(19)15-11-3-6-14-7-4-11/h9-11,14H,3-8H2,1-2H3,(H,15,19). The molecular formula is C13H23N5O. The smallest absolute Gasteiger partial charge is 0.273 e. The van der Waals surface area contributed by atoms with Crippen molar-refractivity contribution < 1.29 is 4.79 Å². The maximum atomic E-state index is 12.0. The fraction of sp³-hybridized carbons (Fsp3) is 0.769. The SMILES string of the molecule is CC(C)CCn1cc(C(=O)NC2CCNCC2)nn1. The van der Waals surface area contributed by atoms with E-state index in [2.05, 4.69) is 34.8 Å². The number of rotatable bonds is 5. The van der Waals surface area contributed by atoms with Crippen LogP contribution in [0.3, 0.4) is 0 Å². The molecule has 1 amide bonds. The van der Waals surface area contributed by atoms with Gasteiger partial charge in [-0.2, -0.15) is 0 Å². The molecule has 1 aliphatic heterocycles. The van der Waals surface area contributed by atoms with Gasteiger partial charge in [0.15, 0.2) is 5.69 Å². The van der Waals surface area contributed by atoms with Crippen LogP contribution in [0.4, 0.5) is 0 Å². The number of hydrogen-bond donors (Lipinski definition) is 2. The highest BCUT2D eigenvalue weighted by Crippen LogP contribution is 2.05. The lowest BCUT2D eigenvalue weighted by molar-refractivity contribution is 0.0924. The minimum absolute atomic E-state index is 0.109. The van der Waals surface area contributed by atoms with Gasteiger partial charge >= 0.3 is 0 Å². The molecule has 1 aromatic heterocycles. The Bertz CT molecular complexity index is 409. The van der Waals surface area contributed by atoms with Crippen LogP contribution in [0.2, 0.25) is 0 Å². The molecule has 0 bridgehead atoms. The molecule has 1 aliphatic rings. The average Bonchev–Trinajstić information content (AvgIpc) is 2.86. The lowest BCUT2D eigenvalue weighted by atomic mass is 10.1. The van der Waals surface area contributed by atoms with E-state index in [4.69, 9.17) is 0 Å². The average molecular weight is 265 g/mol. The van der Waals surface area contributed by atoms with Crippen molar-refractivity contribution in [3.05, 3.63) is 11.9 Å². The molecule has 0 aromatic carbocycles. The number of piperidine rings is 1. The van der Waals surface area contributed by atoms with E-state index in [9.17, 15) is 4.79 Å². The van der Waals surface area contributed by atoms with Crippen LogP contribution in [0.1, 0.15) is 43.6 Å². The third-order valence-corrected chi connectivity index (χ3v) is 3.38. The Labute approximate surface area is 113 Å². The van der Waals surface area contributed by atoms with Crippen LogP contribution in [-0.4, -0.2) is 40.0 Å². The molecular weight excluding hydrogens is 242 g/mol. The highest BCUT2D eigenvalue weighted by Gasteiger charge is 2.18. The largest absolute Gasteiger partial charge is 0.348 e. The van der Waals surface area contributed by atoms with Gasteiger partial charge in [0.2, 0.25) is 0 Å². The number of nitrogens with zero attached hydrogens (tertiary/aromatic N) is 3. The minimum atomic E-state index is -0.109. The second-order valence-corrected chi connectivity index (χ2v) is 5.55. The topological polar surface area (TPSA) is 71.8 Å². The maximum absolute atomic E-state index is 12.0. The van der Waals surface area contributed by atoms with Crippen molar-refractivity contribution in [2.24, 2.45) is 5.92 Å². The Balaban J connectivity index is 1.84. The molecule has 0 aliphatic carbocycles. The van der Waals surface area contributed by atoms with E-state index >= 15 is 0 Å². The predicted molar refractivity (Wildman–Crippen MR) is 72.8 cm³/mol. The van der Waals surface area contributed by atoms with Crippen molar-refractivity contribution in [1.29, 1.82) is 0 Å². The second kappa shape index (κ2) is 6.65. The van der Waals surface area contributed by atoms with Gasteiger partial charge in [-0.3, -0.25) is 9.48 Å². The van der Waals surface area contributed by atoms with Crippen LogP contribution < -0.4 is 10.6 Å². The van der Waals surface area contributed by atoms with E-state index in [1.807, 2.05) is 0 Å². The summed E-state index contributed by atoms with van der Waals surface area (Å²) in [5, 5.41) is 14.2. The van der Waals surface area contributed by atoms with E-state index < -0.39 is 0 Å². The van der Waals surface area contributed by atoms with Gasteiger partial charge in [0.05, 0.1) is 6.20 Å². The molecule has 6 heteroatoms. The van der Waals surface area contributed by atoms with E-state index in [-0.39, 0.29) is 11.9 Å². The first-order chi connectivity index (χ1) is 9.15.